The number of hydrogen-bond acceptors (Lipinski definition) is 1. The number of benzene rings is 1. The lowest BCUT2D eigenvalue weighted by Gasteiger charge is -2.28. The molecule has 0 heterocycles. The lowest BCUT2D eigenvalue weighted by atomic mass is 9.79. The summed E-state index contributed by atoms with van der Waals surface area (Å²) in [6, 6.07) is 10.9. The van der Waals surface area contributed by atoms with E-state index in [1.165, 1.54) is 5.56 Å². The molecule has 2 heteroatoms. The molecule has 1 atom stereocenters. The smallest absolute Gasteiger partial charge is 0.178 e. The highest BCUT2D eigenvalue weighted by atomic mass is 14.8. The zero-order valence-corrected chi connectivity index (χ0v) is 9.25. The molecule has 1 nitrogen and oxygen atoms in total. The highest BCUT2D eigenvalue weighted by molar-refractivity contribution is 6.04. The van der Waals surface area contributed by atoms with E-state index in [9.17, 15) is 0 Å². The Morgan fingerprint density at radius 3 is 2.36 bits per heavy atom. The average Bonchev–Trinajstić information content (AvgIpc) is 2.18. The Balaban J connectivity index is 2.75. The highest BCUT2D eigenvalue weighted by Crippen LogP contribution is 2.27. The third-order valence-electron chi connectivity index (χ3n) is 2.66. The van der Waals surface area contributed by atoms with Gasteiger partial charge in [0.1, 0.15) is 0 Å². The Bertz CT molecular complexity index is 269. The van der Waals surface area contributed by atoms with Gasteiger partial charge in [-0.25, -0.2) is 0 Å². The molecule has 2 radical (unpaired) electrons. The van der Waals surface area contributed by atoms with Crippen LogP contribution >= 0.6 is 0 Å². The molecule has 1 aromatic rings. The maximum atomic E-state index is 5.41. The first kappa shape index (κ1) is 11.3. The molecule has 0 bridgehead atoms. The number of rotatable bonds is 4. The van der Waals surface area contributed by atoms with Crippen LogP contribution in [-0.2, 0) is 5.41 Å². The van der Waals surface area contributed by atoms with Gasteiger partial charge in [0.05, 0.1) is 0 Å². The molecule has 0 aliphatic heterocycles. The van der Waals surface area contributed by atoms with E-state index in [1.807, 2.05) is 6.07 Å². The van der Waals surface area contributed by atoms with Crippen LogP contribution < -0.4 is 5.23 Å². The fraction of sp³-hybridized carbons (Fsp3) is 0.500. The van der Waals surface area contributed by atoms with Gasteiger partial charge in [-0.15, -0.1) is 0 Å². The first-order valence-corrected chi connectivity index (χ1v) is 5.08. The van der Waals surface area contributed by atoms with Crippen molar-refractivity contribution in [3.8, 4) is 0 Å². The van der Waals surface area contributed by atoms with E-state index in [-0.39, 0.29) is 5.41 Å². The monoisotopic (exact) mass is 187 g/mol. The topological polar surface area (TPSA) is 12.0 Å². The summed E-state index contributed by atoms with van der Waals surface area (Å²) in [5.74, 6) is 0. The molecular weight excluding hydrogens is 169 g/mol. The van der Waals surface area contributed by atoms with Crippen LogP contribution in [0.15, 0.2) is 30.3 Å². The molecule has 0 saturated carbocycles. The van der Waals surface area contributed by atoms with Gasteiger partial charge in [0.15, 0.2) is 7.98 Å². The zero-order valence-electron chi connectivity index (χ0n) is 9.25. The van der Waals surface area contributed by atoms with Gasteiger partial charge in [0.25, 0.3) is 0 Å². The van der Waals surface area contributed by atoms with Gasteiger partial charge >= 0.3 is 0 Å². The van der Waals surface area contributed by atoms with E-state index in [1.54, 1.807) is 0 Å². The standard InChI is InChI=1S/C12H18BN/c1-10(14-13)9-12(2,3)11-7-5-4-6-8-11/h4-8,10,14H,9H2,1-3H3. The third kappa shape index (κ3) is 2.88. The lowest BCUT2D eigenvalue weighted by Crippen LogP contribution is -2.31. The zero-order chi connectivity index (χ0) is 10.6. The van der Waals surface area contributed by atoms with E-state index < -0.39 is 0 Å². The second kappa shape index (κ2) is 4.65. The van der Waals surface area contributed by atoms with E-state index in [0.717, 1.165) is 6.42 Å². The SMILES string of the molecule is [B]NC(C)CC(C)(C)c1ccccc1. The van der Waals surface area contributed by atoms with Crippen LogP contribution in [0.3, 0.4) is 0 Å². The number of hydrogen-bond donors (Lipinski definition) is 1. The van der Waals surface area contributed by atoms with Gasteiger partial charge in [0, 0.05) is 0 Å². The predicted molar refractivity (Wildman–Crippen MR) is 62.4 cm³/mol. The summed E-state index contributed by atoms with van der Waals surface area (Å²) in [4.78, 5) is 0. The largest absolute Gasteiger partial charge is 0.364 e. The molecule has 0 spiro atoms. The van der Waals surface area contributed by atoms with Crippen molar-refractivity contribution in [2.45, 2.75) is 38.6 Å². The molecule has 1 rings (SSSR count). The Morgan fingerprint density at radius 2 is 1.86 bits per heavy atom. The van der Waals surface area contributed by atoms with Crippen LogP contribution in [-0.4, -0.2) is 14.0 Å². The highest BCUT2D eigenvalue weighted by Gasteiger charge is 2.21. The lowest BCUT2D eigenvalue weighted by molar-refractivity contribution is 0.423. The Labute approximate surface area is 88.3 Å². The molecule has 0 fully saturated rings. The number of nitrogens with one attached hydrogen (secondary N) is 1. The van der Waals surface area contributed by atoms with Crippen LogP contribution in [0.1, 0.15) is 32.8 Å². The molecule has 1 unspecified atom stereocenters. The molecular formula is C12H18BN. The minimum absolute atomic E-state index is 0.174. The van der Waals surface area contributed by atoms with Crippen molar-refractivity contribution in [3.63, 3.8) is 0 Å². The normalized spacial score (nSPS) is 13.9. The van der Waals surface area contributed by atoms with Gasteiger partial charge in [-0.1, -0.05) is 51.1 Å². The van der Waals surface area contributed by atoms with Crippen molar-refractivity contribution in [2.75, 3.05) is 0 Å². The average molecular weight is 187 g/mol. The molecule has 0 saturated heterocycles. The summed E-state index contributed by atoms with van der Waals surface area (Å²) >= 11 is 0. The Kier molecular flexibility index (Phi) is 3.76. The molecule has 0 aromatic heterocycles. The van der Waals surface area contributed by atoms with Gasteiger partial charge in [-0.05, 0) is 23.4 Å². The van der Waals surface area contributed by atoms with Gasteiger partial charge in [-0.3, -0.25) is 0 Å². The summed E-state index contributed by atoms with van der Waals surface area (Å²) < 4.78 is 0. The Hall–Kier alpha value is -0.755. The molecule has 74 valence electrons. The second-order valence-corrected chi connectivity index (χ2v) is 4.52. The van der Waals surface area contributed by atoms with Crippen LogP contribution in [0.2, 0.25) is 0 Å². The first-order valence-electron chi connectivity index (χ1n) is 5.08. The van der Waals surface area contributed by atoms with E-state index >= 15 is 0 Å². The maximum Gasteiger partial charge on any atom is 0.178 e. The molecule has 0 amide bonds. The van der Waals surface area contributed by atoms with Crippen molar-refractivity contribution < 1.29 is 0 Å². The summed E-state index contributed by atoms with van der Waals surface area (Å²) in [7, 11) is 5.41. The fourth-order valence-electron chi connectivity index (χ4n) is 1.83. The van der Waals surface area contributed by atoms with Crippen molar-refractivity contribution in [1.29, 1.82) is 0 Å². The van der Waals surface area contributed by atoms with Crippen LogP contribution in [0, 0.1) is 0 Å². The summed E-state index contributed by atoms with van der Waals surface area (Å²) in [6.07, 6.45) is 1.04. The molecule has 0 aliphatic carbocycles. The van der Waals surface area contributed by atoms with Gasteiger partial charge < -0.3 is 5.23 Å². The van der Waals surface area contributed by atoms with Gasteiger partial charge in [0.2, 0.25) is 0 Å². The maximum absolute atomic E-state index is 5.41. The third-order valence-corrected chi connectivity index (χ3v) is 2.66. The summed E-state index contributed by atoms with van der Waals surface area (Å²) in [6.45, 7) is 6.59. The van der Waals surface area contributed by atoms with Crippen molar-refractivity contribution >= 4 is 7.98 Å². The molecule has 0 aliphatic rings. The summed E-state index contributed by atoms with van der Waals surface area (Å²) in [5.41, 5.74) is 1.54. The molecule has 1 N–H and O–H groups in total. The quantitative estimate of drug-likeness (QED) is 0.713. The van der Waals surface area contributed by atoms with E-state index in [0.29, 0.717) is 6.04 Å². The van der Waals surface area contributed by atoms with Crippen LogP contribution in [0.25, 0.3) is 0 Å². The van der Waals surface area contributed by atoms with Gasteiger partial charge in [-0.2, -0.15) is 0 Å². The molecule has 14 heavy (non-hydrogen) atoms. The minimum Gasteiger partial charge on any atom is -0.364 e. The van der Waals surface area contributed by atoms with Crippen molar-refractivity contribution in [2.24, 2.45) is 0 Å². The van der Waals surface area contributed by atoms with E-state index in [2.05, 4.69) is 50.3 Å². The Morgan fingerprint density at radius 1 is 1.29 bits per heavy atom. The predicted octanol–water partition coefficient (Wildman–Crippen LogP) is 2.42. The second-order valence-electron chi connectivity index (χ2n) is 4.52. The van der Waals surface area contributed by atoms with Crippen LogP contribution in [0.5, 0.6) is 0 Å². The van der Waals surface area contributed by atoms with Crippen molar-refractivity contribution in [1.82, 2.24) is 5.23 Å². The summed E-state index contributed by atoms with van der Waals surface area (Å²) in [5, 5.41) is 2.79. The first-order chi connectivity index (χ1) is 6.56. The van der Waals surface area contributed by atoms with Crippen LogP contribution in [0.4, 0.5) is 0 Å². The van der Waals surface area contributed by atoms with E-state index in [4.69, 9.17) is 7.98 Å². The fourth-order valence-corrected chi connectivity index (χ4v) is 1.83. The molecule has 1 aromatic carbocycles. The van der Waals surface area contributed by atoms with Crippen molar-refractivity contribution in [3.05, 3.63) is 35.9 Å². The minimum atomic E-state index is 0.174.